The van der Waals surface area contributed by atoms with E-state index in [1.54, 1.807) is 48.7 Å². The van der Waals surface area contributed by atoms with E-state index in [0.717, 1.165) is 0 Å². The van der Waals surface area contributed by atoms with Gasteiger partial charge >= 0.3 is 5.97 Å². The Hall–Kier alpha value is -3.80. The summed E-state index contributed by atoms with van der Waals surface area (Å²) in [6.07, 6.45) is 2.99. The Bertz CT molecular complexity index is 1190. The van der Waals surface area contributed by atoms with Crippen LogP contribution in [0.2, 0.25) is 0 Å². The predicted molar refractivity (Wildman–Crippen MR) is 99.2 cm³/mol. The van der Waals surface area contributed by atoms with Crippen molar-refractivity contribution in [2.75, 3.05) is 0 Å². The molecule has 0 saturated heterocycles. The zero-order chi connectivity index (χ0) is 18.8. The maximum absolute atomic E-state index is 14.0. The minimum absolute atomic E-state index is 0.159. The molecule has 27 heavy (non-hydrogen) atoms. The third-order valence-electron chi connectivity index (χ3n) is 4.09. The third kappa shape index (κ3) is 3.32. The van der Waals surface area contributed by atoms with Gasteiger partial charge in [0.15, 0.2) is 5.43 Å². The van der Waals surface area contributed by atoms with Crippen LogP contribution in [0.4, 0.5) is 4.39 Å². The molecule has 2 aromatic carbocycles. The van der Waals surface area contributed by atoms with E-state index in [4.69, 9.17) is 4.74 Å². The van der Waals surface area contributed by atoms with Crippen molar-refractivity contribution < 1.29 is 13.9 Å². The number of fused-ring (bicyclic) bond motifs is 1. The first-order chi connectivity index (χ1) is 13.1. The van der Waals surface area contributed by atoms with Gasteiger partial charge in [-0.3, -0.25) is 9.78 Å². The number of nitrogens with one attached hydrogen (secondary N) is 1. The van der Waals surface area contributed by atoms with Crippen LogP contribution >= 0.6 is 0 Å². The SMILES string of the molecule is O=C(Oc1ccc(-c2cc(=O)c3cccc(F)c3[nH]2)cc1)c1cccnc1. The molecule has 0 aliphatic carbocycles. The van der Waals surface area contributed by atoms with Crippen molar-refractivity contribution in [3.8, 4) is 17.0 Å². The maximum atomic E-state index is 14.0. The van der Waals surface area contributed by atoms with E-state index in [1.807, 2.05) is 0 Å². The van der Waals surface area contributed by atoms with Crippen LogP contribution in [0.5, 0.6) is 5.75 Å². The number of pyridine rings is 2. The van der Waals surface area contributed by atoms with E-state index in [2.05, 4.69) is 9.97 Å². The van der Waals surface area contributed by atoms with Crippen LogP contribution in [-0.4, -0.2) is 15.9 Å². The van der Waals surface area contributed by atoms with Crippen LogP contribution in [0.15, 0.2) is 77.9 Å². The lowest BCUT2D eigenvalue weighted by Gasteiger charge is -2.07. The zero-order valence-corrected chi connectivity index (χ0v) is 14.0. The molecule has 4 rings (SSSR count). The van der Waals surface area contributed by atoms with Gasteiger partial charge in [-0.15, -0.1) is 0 Å². The number of aromatic nitrogens is 2. The number of benzene rings is 2. The minimum atomic E-state index is -0.517. The van der Waals surface area contributed by atoms with Gasteiger partial charge in [-0.2, -0.15) is 0 Å². The number of aromatic amines is 1. The quantitative estimate of drug-likeness (QED) is 0.444. The van der Waals surface area contributed by atoms with Gasteiger partial charge in [-0.25, -0.2) is 9.18 Å². The number of carbonyl (C=O) groups excluding carboxylic acids is 1. The Morgan fingerprint density at radius 1 is 1.04 bits per heavy atom. The summed E-state index contributed by atoms with van der Waals surface area (Å²) in [7, 11) is 0. The molecule has 0 radical (unpaired) electrons. The Morgan fingerprint density at radius 3 is 2.59 bits per heavy atom. The molecule has 2 heterocycles. The largest absolute Gasteiger partial charge is 0.423 e. The Balaban J connectivity index is 1.63. The average molecular weight is 360 g/mol. The van der Waals surface area contributed by atoms with Gasteiger partial charge in [-0.1, -0.05) is 6.07 Å². The van der Waals surface area contributed by atoms with Crippen molar-refractivity contribution in [2.45, 2.75) is 0 Å². The van der Waals surface area contributed by atoms with Crippen LogP contribution in [0, 0.1) is 5.82 Å². The second-order valence-electron chi connectivity index (χ2n) is 5.87. The molecule has 5 nitrogen and oxygen atoms in total. The predicted octanol–water partition coefficient (Wildman–Crippen LogP) is 3.95. The first-order valence-electron chi connectivity index (χ1n) is 8.16. The summed E-state index contributed by atoms with van der Waals surface area (Å²) in [5.74, 6) is -0.660. The molecule has 2 aromatic heterocycles. The smallest absolute Gasteiger partial charge is 0.345 e. The fourth-order valence-electron chi connectivity index (χ4n) is 2.74. The summed E-state index contributed by atoms with van der Waals surface area (Å²) in [5, 5.41) is 0.292. The molecule has 4 aromatic rings. The normalized spacial score (nSPS) is 10.7. The van der Waals surface area contributed by atoms with Gasteiger partial charge in [0.05, 0.1) is 11.1 Å². The Kier molecular flexibility index (Phi) is 4.22. The molecule has 0 unspecified atom stereocenters. The van der Waals surface area contributed by atoms with E-state index in [-0.39, 0.29) is 10.9 Å². The number of halogens is 1. The lowest BCUT2D eigenvalue weighted by Crippen LogP contribution is -2.08. The van der Waals surface area contributed by atoms with E-state index in [9.17, 15) is 14.0 Å². The molecule has 0 amide bonds. The second-order valence-corrected chi connectivity index (χ2v) is 5.87. The first-order valence-corrected chi connectivity index (χ1v) is 8.16. The van der Waals surface area contributed by atoms with E-state index >= 15 is 0 Å². The van der Waals surface area contributed by atoms with Crippen LogP contribution in [0.1, 0.15) is 10.4 Å². The highest BCUT2D eigenvalue weighted by Crippen LogP contribution is 2.23. The van der Waals surface area contributed by atoms with Gasteiger partial charge in [0.1, 0.15) is 11.6 Å². The van der Waals surface area contributed by atoms with Crippen LogP contribution in [0.25, 0.3) is 22.2 Å². The summed E-state index contributed by atoms with van der Waals surface area (Å²) >= 11 is 0. The van der Waals surface area contributed by atoms with Crippen LogP contribution < -0.4 is 10.2 Å². The molecular formula is C21H13FN2O3. The Morgan fingerprint density at radius 2 is 1.85 bits per heavy atom. The molecule has 0 atom stereocenters. The monoisotopic (exact) mass is 360 g/mol. The average Bonchev–Trinajstić information content (AvgIpc) is 2.70. The van der Waals surface area contributed by atoms with Crippen molar-refractivity contribution >= 4 is 16.9 Å². The lowest BCUT2D eigenvalue weighted by atomic mass is 10.1. The molecule has 6 heteroatoms. The summed E-state index contributed by atoms with van der Waals surface area (Å²) in [4.78, 5) is 31.1. The van der Waals surface area contributed by atoms with Crippen LogP contribution in [-0.2, 0) is 0 Å². The lowest BCUT2D eigenvalue weighted by molar-refractivity contribution is 0.0734. The van der Waals surface area contributed by atoms with Crippen molar-refractivity contribution in [1.82, 2.24) is 9.97 Å². The highest BCUT2D eigenvalue weighted by Gasteiger charge is 2.10. The number of para-hydroxylation sites is 1. The number of rotatable bonds is 3. The van der Waals surface area contributed by atoms with Crippen molar-refractivity contribution in [3.63, 3.8) is 0 Å². The summed E-state index contributed by atoms with van der Waals surface area (Å²) < 4.78 is 19.3. The summed E-state index contributed by atoms with van der Waals surface area (Å²) in [5.41, 5.74) is 1.37. The number of ether oxygens (including phenoxy) is 1. The molecule has 0 aliphatic heterocycles. The minimum Gasteiger partial charge on any atom is -0.423 e. The van der Waals surface area contributed by atoms with Crippen molar-refractivity contribution in [1.29, 1.82) is 0 Å². The number of H-pyrrole nitrogens is 1. The molecule has 0 fully saturated rings. The highest BCUT2D eigenvalue weighted by atomic mass is 19.1. The maximum Gasteiger partial charge on any atom is 0.345 e. The van der Waals surface area contributed by atoms with Gasteiger partial charge in [0.25, 0.3) is 0 Å². The number of esters is 1. The zero-order valence-electron chi connectivity index (χ0n) is 14.0. The number of nitrogens with zero attached hydrogens (tertiary/aromatic N) is 1. The fraction of sp³-hybridized carbons (Fsp3) is 0. The van der Waals surface area contributed by atoms with E-state index < -0.39 is 11.8 Å². The molecule has 0 saturated carbocycles. The second kappa shape index (κ2) is 6.84. The van der Waals surface area contributed by atoms with E-state index in [0.29, 0.717) is 28.0 Å². The molecule has 0 aliphatic rings. The van der Waals surface area contributed by atoms with Gasteiger partial charge < -0.3 is 9.72 Å². The highest BCUT2D eigenvalue weighted by molar-refractivity contribution is 5.90. The topological polar surface area (TPSA) is 72.1 Å². The standard InChI is InChI=1S/C21H13FN2O3/c22-17-5-1-4-16-19(25)11-18(24-20(16)17)13-6-8-15(9-7-13)27-21(26)14-3-2-10-23-12-14/h1-12H,(H,24,25). The fourth-order valence-corrected chi connectivity index (χ4v) is 2.74. The number of hydrogen-bond donors (Lipinski definition) is 1. The molecule has 1 N–H and O–H groups in total. The first kappa shape index (κ1) is 16.7. The van der Waals surface area contributed by atoms with Gasteiger partial charge in [0.2, 0.25) is 0 Å². The van der Waals surface area contributed by atoms with Crippen molar-refractivity contribution in [2.24, 2.45) is 0 Å². The van der Waals surface area contributed by atoms with Crippen molar-refractivity contribution in [3.05, 3.63) is 94.7 Å². The molecule has 132 valence electrons. The van der Waals surface area contributed by atoms with Gasteiger partial charge in [-0.05, 0) is 54.1 Å². The van der Waals surface area contributed by atoms with Gasteiger partial charge in [0, 0.05) is 29.5 Å². The third-order valence-corrected chi connectivity index (χ3v) is 4.09. The summed E-state index contributed by atoms with van der Waals surface area (Å²) in [6, 6.07) is 15.6. The van der Waals surface area contributed by atoms with Crippen LogP contribution in [0.3, 0.4) is 0 Å². The molecule has 0 bridgehead atoms. The summed E-state index contributed by atoms with van der Waals surface area (Å²) in [6.45, 7) is 0. The Labute approximate surface area is 153 Å². The molecule has 0 spiro atoms. The number of hydrogen-bond acceptors (Lipinski definition) is 4. The molecular weight excluding hydrogens is 347 g/mol. The van der Waals surface area contributed by atoms with E-state index in [1.165, 1.54) is 24.4 Å². The number of carbonyl (C=O) groups is 1.